The summed E-state index contributed by atoms with van der Waals surface area (Å²) in [5.74, 6) is 1.02. The van der Waals surface area contributed by atoms with Crippen LogP contribution in [0.25, 0.3) is 24.3 Å². The van der Waals surface area contributed by atoms with E-state index in [1.165, 1.54) is 10.5 Å². The number of aliphatic imine (C=N–C) groups is 1. The summed E-state index contributed by atoms with van der Waals surface area (Å²) in [7, 11) is 4.23. The molecule has 3 aromatic heterocycles. The Morgan fingerprint density at radius 3 is 2.19 bits per heavy atom. The standard InChI is InChI=1S/C30H29N5S/c1-35(2)15-16-36-29-6-4-3-5-28(29)30-14-13-26(34-30)19-25-10-9-22(32-25)17-21-7-8-23(31-21)18-24-11-12-27(20-30)33-24/h3-14,17-20,31-33H,15-16H2,1-2H3/b22-17-,24-18-,25-19?,27-20?. The first-order valence-electron chi connectivity index (χ1n) is 12.2. The van der Waals surface area contributed by atoms with Crippen LogP contribution in [0, 0.1) is 0 Å². The number of aromatic nitrogens is 3. The smallest absolute Gasteiger partial charge is 0.126 e. The van der Waals surface area contributed by atoms with Gasteiger partial charge in [0.25, 0.3) is 0 Å². The van der Waals surface area contributed by atoms with Crippen LogP contribution in [0.2, 0.25) is 0 Å². The Balaban J connectivity index is 1.54. The van der Waals surface area contributed by atoms with Crippen molar-refractivity contribution in [1.29, 1.82) is 0 Å². The van der Waals surface area contributed by atoms with Crippen molar-refractivity contribution in [3.05, 3.63) is 111 Å². The van der Waals surface area contributed by atoms with Gasteiger partial charge in [-0.3, -0.25) is 4.99 Å². The largest absolute Gasteiger partial charge is 0.356 e. The molecule has 36 heavy (non-hydrogen) atoms. The van der Waals surface area contributed by atoms with Crippen molar-refractivity contribution < 1.29 is 0 Å². The van der Waals surface area contributed by atoms with Gasteiger partial charge in [0.1, 0.15) is 5.54 Å². The van der Waals surface area contributed by atoms with Gasteiger partial charge in [0, 0.05) is 55.5 Å². The number of fused-ring (bicyclic) bond motifs is 7. The third-order valence-electron chi connectivity index (χ3n) is 6.43. The second kappa shape index (κ2) is 9.37. The number of thioether (sulfide) groups is 1. The van der Waals surface area contributed by atoms with Crippen LogP contribution in [0.5, 0.6) is 0 Å². The molecule has 1 unspecified atom stereocenters. The van der Waals surface area contributed by atoms with E-state index in [0.717, 1.165) is 50.8 Å². The Bertz CT molecular complexity index is 1710. The van der Waals surface area contributed by atoms with Gasteiger partial charge in [0.15, 0.2) is 0 Å². The molecule has 5 heterocycles. The van der Waals surface area contributed by atoms with E-state index in [-0.39, 0.29) is 0 Å². The zero-order chi connectivity index (χ0) is 24.5. The first-order valence-corrected chi connectivity index (χ1v) is 13.2. The summed E-state index contributed by atoms with van der Waals surface area (Å²) in [6.07, 6.45) is 13.0. The van der Waals surface area contributed by atoms with E-state index in [9.17, 15) is 0 Å². The summed E-state index contributed by atoms with van der Waals surface area (Å²) in [6, 6.07) is 21.3. The zero-order valence-electron chi connectivity index (χ0n) is 20.5. The monoisotopic (exact) mass is 491 g/mol. The molecule has 180 valence electrons. The lowest BCUT2D eigenvalue weighted by Gasteiger charge is -2.24. The number of allylic oxidation sites excluding steroid dienone is 1. The molecular weight excluding hydrogens is 462 g/mol. The van der Waals surface area contributed by atoms with Crippen molar-refractivity contribution in [2.45, 2.75) is 10.4 Å². The van der Waals surface area contributed by atoms with E-state index < -0.39 is 5.54 Å². The fourth-order valence-corrected chi connectivity index (χ4v) is 5.91. The van der Waals surface area contributed by atoms with E-state index in [0.29, 0.717) is 0 Å². The average Bonchev–Trinajstić information content (AvgIpc) is 3.65. The molecule has 0 amide bonds. The number of hydrogen-bond acceptors (Lipinski definition) is 3. The summed E-state index contributed by atoms with van der Waals surface area (Å²) in [5.41, 5.74) is 3.66. The van der Waals surface area contributed by atoms with Crippen molar-refractivity contribution in [1.82, 2.24) is 19.9 Å². The lowest BCUT2D eigenvalue weighted by molar-refractivity contribution is 0.437. The molecule has 2 aliphatic rings. The van der Waals surface area contributed by atoms with Crippen LogP contribution in [-0.4, -0.2) is 52.0 Å². The molecule has 0 aliphatic carbocycles. The number of H-pyrrole nitrogens is 3. The normalized spacial score (nSPS) is 20.1. The molecule has 6 rings (SSSR count). The van der Waals surface area contributed by atoms with E-state index in [1.54, 1.807) is 0 Å². The molecule has 1 atom stereocenters. The maximum atomic E-state index is 5.31. The Kier molecular flexibility index (Phi) is 5.91. The topological polar surface area (TPSA) is 63.0 Å². The number of benzene rings is 1. The predicted molar refractivity (Wildman–Crippen MR) is 151 cm³/mol. The van der Waals surface area contributed by atoms with Gasteiger partial charge in [-0.15, -0.1) is 11.8 Å². The van der Waals surface area contributed by atoms with Crippen LogP contribution >= 0.6 is 11.8 Å². The quantitative estimate of drug-likeness (QED) is 0.376. The highest BCUT2D eigenvalue weighted by atomic mass is 32.2. The minimum Gasteiger partial charge on any atom is -0.356 e. The van der Waals surface area contributed by atoms with Crippen molar-refractivity contribution >= 4 is 41.8 Å². The van der Waals surface area contributed by atoms with E-state index in [1.807, 2.05) is 11.8 Å². The van der Waals surface area contributed by atoms with Gasteiger partial charge < -0.3 is 19.9 Å². The number of hydrogen-bond donors (Lipinski definition) is 3. The van der Waals surface area contributed by atoms with E-state index in [4.69, 9.17) is 4.99 Å². The van der Waals surface area contributed by atoms with Gasteiger partial charge in [0.2, 0.25) is 0 Å². The molecule has 0 radical (unpaired) electrons. The third kappa shape index (κ3) is 4.70. The SMILES string of the molecule is CN(C)CCSc1ccccc1C12C=CC(=N1)C=c1cc/c([nH]1)=C/c1ccc([nH]1)/C=c1/ccc([nH]1)=C2. The number of nitrogens with zero attached hydrogens (tertiary/aromatic N) is 2. The van der Waals surface area contributed by atoms with Gasteiger partial charge in [-0.25, -0.2) is 0 Å². The number of nitrogens with one attached hydrogen (secondary N) is 3. The Hall–Kier alpha value is -3.74. The first-order chi connectivity index (χ1) is 17.5. The first kappa shape index (κ1) is 22.7. The lowest BCUT2D eigenvalue weighted by atomic mass is 9.90. The molecule has 5 nitrogen and oxygen atoms in total. The molecule has 3 N–H and O–H groups in total. The molecule has 0 saturated heterocycles. The highest BCUT2D eigenvalue weighted by Crippen LogP contribution is 2.39. The van der Waals surface area contributed by atoms with Crippen molar-refractivity contribution in [3.63, 3.8) is 0 Å². The average molecular weight is 492 g/mol. The summed E-state index contributed by atoms with van der Waals surface area (Å²) < 4.78 is 0. The second-order valence-electron chi connectivity index (χ2n) is 9.53. The third-order valence-corrected chi connectivity index (χ3v) is 7.48. The summed E-state index contributed by atoms with van der Waals surface area (Å²) in [6.45, 7) is 1.02. The van der Waals surface area contributed by atoms with Crippen LogP contribution in [0.3, 0.4) is 0 Å². The highest BCUT2D eigenvalue weighted by Gasteiger charge is 2.32. The zero-order valence-corrected chi connectivity index (χ0v) is 21.3. The Morgan fingerprint density at radius 2 is 1.44 bits per heavy atom. The van der Waals surface area contributed by atoms with Crippen LogP contribution < -0.4 is 21.4 Å². The van der Waals surface area contributed by atoms with Crippen molar-refractivity contribution in [2.24, 2.45) is 4.99 Å². The van der Waals surface area contributed by atoms with Crippen LogP contribution in [-0.2, 0) is 5.54 Å². The Morgan fingerprint density at radius 1 is 0.778 bits per heavy atom. The molecule has 2 aliphatic heterocycles. The lowest BCUT2D eigenvalue weighted by Crippen LogP contribution is -2.23. The minimum atomic E-state index is -0.589. The molecule has 8 bridgehead atoms. The van der Waals surface area contributed by atoms with Crippen molar-refractivity contribution in [3.8, 4) is 0 Å². The van der Waals surface area contributed by atoms with Crippen LogP contribution in [0.1, 0.15) is 17.0 Å². The van der Waals surface area contributed by atoms with Gasteiger partial charge in [-0.2, -0.15) is 0 Å². The van der Waals surface area contributed by atoms with Gasteiger partial charge in [-0.1, -0.05) is 18.2 Å². The summed E-state index contributed by atoms with van der Waals surface area (Å²) in [5, 5.41) is 4.16. The molecule has 1 aromatic carbocycles. The van der Waals surface area contributed by atoms with Crippen molar-refractivity contribution in [2.75, 3.05) is 26.4 Å². The minimum absolute atomic E-state index is 0.589. The maximum absolute atomic E-state index is 5.31. The maximum Gasteiger partial charge on any atom is 0.126 e. The van der Waals surface area contributed by atoms with Crippen LogP contribution in [0.15, 0.2) is 82.7 Å². The number of rotatable bonds is 5. The number of aromatic amines is 3. The molecule has 0 fully saturated rings. The molecule has 6 heteroatoms. The fraction of sp³-hybridized carbons (Fsp3) is 0.167. The molecule has 0 spiro atoms. The molecule has 4 aromatic rings. The molecular formula is C30H29N5S. The van der Waals surface area contributed by atoms with Crippen LogP contribution in [0.4, 0.5) is 0 Å². The Labute approximate surface area is 214 Å². The predicted octanol–water partition coefficient (Wildman–Crippen LogP) is 2.46. The second-order valence-corrected chi connectivity index (χ2v) is 10.7. The van der Waals surface area contributed by atoms with Gasteiger partial charge in [-0.05, 0) is 93.0 Å². The highest BCUT2D eigenvalue weighted by molar-refractivity contribution is 7.99. The summed E-state index contributed by atoms with van der Waals surface area (Å²) >= 11 is 1.89. The van der Waals surface area contributed by atoms with Gasteiger partial charge in [0.05, 0.1) is 5.71 Å². The van der Waals surface area contributed by atoms with E-state index in [2.05, 4.69) is 131 Å². The fourth-order valence-electron chi connectivity index (χ4n) is 4.68. The van der Waals surface area contributed by atoms with Gasteiger partial charge >= 0.3 is 0 Å². The summed E-state index contributed by atoms with van der Waals surface area (Å²) in [4.78, 5) is 19.3. The molecule has 0 saturated carbocycles. The van der Waals surface area contributed by atoms with E-state index >= 15 is 0 Å².